The molecule has 0 aliphatic carbocycles. The Hall–Kier alpha value is -2.82. The number of anilines is 1. The number of fused-ring (bicyclic) bond motifs is 1. The zero-order valence-electron chi connectivity index (χ0n) is 14.7. The van der Waals surface area contributed by atoms with E-state index in [1.54, 1.807) is 18.2 Å². The summed E-state index contributed by atoms with van der Waals surface area (Å²) in [7, 11) is -8.95. The highest BCUT2D eigenvalue weighted by Gasteiger charge is 2.33. The Morgan fingerprint density at radius 1 is 1.00 bits per heavy atom. The predicted molar refractivity (Wildman–Crippen MR) is 107 cm³/mol. The molecule has 0 aliphatic rings. The number of rotatable bonds is 6. The van der Waals surface area contributed by atoms with Crippen LogP contribution in [0.5, 0.6) is 0 Å². The average molecular weight is 437 g/mol. The number of hydrogen-bond acceptors (Lipinski definition) is 6. The Bertz CT molecular complexity index is 1240. The Balaban J connectivity index is 2.30. The Labute approximate surface area is 165 Å². The first-order valence-electron chi connectivity index (χ1n) is 8.10. The second-order valence-electron chi connectivity index (χ2n) is 6.16. The lowest BCUT2D eigenvalue weighted by Crippen LogP contribution is -2.14. The third-order valence-electron chi connectivity index (χ3n) is 4.24. The van der Waals surface area contributed by atoms with Crippen LogP contribution in [0, 0.1) is 10.1 Å². The van der Waals surface area contributed by atoms with E-state index in [9.17, 15) is 32.9 Å². The second kappa shape index (κ2) is 7.54. The summed E-state index contributed by atoms with van der Waals surface area (Å²) in [4.78, 5) is 30.2. The van der Waals surface area contributed by atoms with Crippen LogP contribution in [0.4, 0.5) is 11.4 Å². The first kappa shape index (κ1) is 20.9. The number of nitrogens with zero attached hydrogens (tertiary/aromatic N) is 1. The fraction of sp³-hybridized carbons (Fsp3) is 0.0588. The normalized spacial score (nSPS) is 13.2. The van der Waals surface area contributed by atoms with Gasteiger partial charge in [-0.15, -0.1) is 0 Å². The molecule has 3 rings (SSSR count). The van der Waals surface area contributed by atoms with Gasteiger partial charge in [0.1, 0.15) is 5.69 Å². The van der Waals surface area contributed by atoms with Gasteiger partial charge in [-0.05, 0) is 17.7 Å². The molecule has 5 N–H and O–H groups in total. The van der Waals surface area contributed by atoms with E-state index < -0.39 is 34.0 Å². The summed E-state index contributed by atoms with van der Waals surface area (Å²) in [6.45, 7) is 0. The van der Waals surface area contributed by atoms with Crippen LogP contribution >= 0.6 is 7.60 Å². The van der Waals surface area contributed by atoms with Gasteiger partial charge in [0.2, 0.25) is 10.0 Å². The smallest absolute Gasteiger partial charge is 0.352 e. The van der Waals surface area contributed by atoms with E-state index in [1.165, 1.54) is 36.4 Å². The van der Waals surface area contributed by atoms with Crippen LogP contribution in [0.1, 0.15) is 11.3 Å². The van der Waals surface area contributed by atoms with E-state index in [0.29, 0.717) is 0 Å². The fourth-order valence-corrected chi connectivity index (χ4v) is 4.61. The van der Waals surface area contributed by atoms with Crippen LogP contribution in [0.2, 0.25) is 0 Å². The standard InChI is InChI=1S/C17H16N3O7PS/c18-29(26,27)15-8-4-7-13-12(15)9-10-14(20(21)22)16(13)19-17(28(23,24)25)11-5-2-1-3-6-11/h1-10,17,19H,(H2,18,26,27)(H2,23,24,25). The number of nitro benzene ring substituents is 1. The van der Waals surface area contributed by atoms with Crippen LogP contribution in [-0.4, -0.2) is 23.1 Å². The van der Waals surface area contributed by atoms with Crippen molar-refractivity contribution < 1.29 is 27.7 Å². The maximum Gasteiger partial charge on any atom is 0.352 e. The summed E-state index contributed by atoms with van der Waals surface area (Å²) in [5, 5.41) is 19.5. The topological polar surface area (TPSA) is 173 Å². The van der Waals surface area contributed by atoms with Crippen molar-refractivity contribution in [2.75, 3.05) is 5.32 Å². The first-order chi connectivity index (χ1) is 13.5. The molecule has 0 amide bonds. The molecule has 3 aromatic rings. The largest absolute Gasteiger partial charge is 0.362 e. The molecule has 0 bridgehead atoms. The molecule has 0 aliphatic heterocycles. The van der Waals surface area contributed by atoms with Crippen molar-refractivity contribution in [3.8, 4) is 0 Å². The highest BCUT2D eigenvalue weighted by molar-refractivity contribution is 7.89. The van der Waals surface area contributed by atoms with Gasteiger partial charge in [0, 0.05) is 16.8 Å². The van der Waals surface area contributed by atoms with Gasteiger partial charge in [-0.3, -0.25) is 14.7 Å². The number of primary sulfonamides is 1. The third-order valence-corrected chi connectivity index (χ3v) is 6.30. The maximum absolute atomic E-state index is 12.1. The lowest BCUT2D eigenvalue weighted by atomic mass is 10.1. The van der Waals surface area contributed by atoms with E-state index in [4.69, 9.17) is 5.14 Å². The number of nitrogens with one attached hydrogen (secondary N) is 1. The number of hydrogen-bond donors (Lipinski definition) is 4. The second-order valence-corrected chi connectivity index (χ2v) is 9.38. The van der Waals surface area contributed by atoms with Gasteiger partial charge in [0.15, 0.2) is 5.78 Å². The van der Waals surface area contributed by atoms with E-state index in [0.717, 1.165) is 6.07 Å². The number of nitro groups is 1. The van der Waals surface area contributed by atoms with Crippen LogP contribution < -0.4 is 10.5 Å². The Kier molecular flexibility index (Phi) is 5.44. The van der Waals surface area contributed by atoms with Crippen LogP contribution in [0.25, 0.3) is 10.8 Å². The molecule has 12 heteroatoms. The fourth-order valence-electron chi connectivity index (χ4n) is 3.00. The summed E-state index contributed by atoms with van der Waals surface area (Å²) in [5.41, 5.74) is -0.497. The van der Waals surface area contributed by atoms with Crippen molar-refractivity contribution in [2.45, 2.75) is 10.7 Å². The van der Waals surface area contributed by atoms with Crippen LogP contribution in [0.15, 0.2) is 65.6 Å². The molecule has 152 valence electrons. The minimum Gasteiger partial charge on any atom is -0.362 e. The van der Waals surface area contributed by atoms with E-state index >= 15 is 0 Å². The number of sulfonamides is 1. The maximum atomic E-state index is 12.1. The monoisotopic (exact) mass is 437 g/mol. The molecule has 0 fully saturated rings. The molecular formula is C17H16N3O7PS. The SMILES string of the molecule is NS(=O)(=O)c1cccc2c(NC(c3ccccc3)P(=O)(O)O)c([N+](=O)[O-])ccc12. The molecule has 0 spiro atoms. The van der Waals surface area contributed by atoms with Crippen LogP contribution in [0.3, 0.4) is 0 Å². The molecule has 3 aromatic carbocycles. The van der Waals surface area contributed by atoms with E-state index in [2.05, 4.69) is 5.32 Å². The van der Waals surface area contributed by atoms with Crippen molar-refractivity contribution in [1.82, 2.24) is 0 Å². The zero-order valence-corrected chi connectivity index (χ0v) is 16.4. The lowest BCUT2D eigenvalue weighted by molar-refractivity contribution is -0.383. The third kappa shape index (κ3) is 4.29. The van der Waals surface area contributed by atoms with Gasteiger partial charge < -0.3 is 15.1 Å². The molecule has 29 heavy (non-hydrogen) atoms. The van der Waals surface area contributed by atoms with Gasteiger partial charge in [-0.25, -0.2) is 13.6 Å². The summed E-state index contributed by atoms with van der Waals surface area (Å²) < 4.78 is 35.9. The van der Waals surface area contributed by atoms with Gasteiger partial charge in [-0.2, -0.15) is 0 Å². The molecule has 0 radical (unpaired) electrons. The van der Waals surface area contributed by atoms with E-state index in [1.807, 2.05) is 0 Å². The number of nitrogens with two attached hydrogens (primary N) is 1. The quantitative estimate of drug-likeness (QED) is 0.259. The summed E-state index contributed by atoms with van der Waals surface area (Å²) in [6, 6.07) is 14.0. The summed E-state index contributed by atoms with van der Waals surface area (Å²) in [6.07, 6.45) is 0. The van der Waals surface area contributed by atoms with Gasteiger partial charge in [0.25, 0.3) is 5.69 Å². The van der Waals surface area contributed by atoms with Crippen LogP contribution in [-0.2, 0) is 14.6 Å². The highest BCUT2D eigenvalue weighted by Crippen LogP contribution is 2.53. The highest BCUT2D eigenvalue weighted by atomic mass is 32.2. The molecule has 0 heterocycles. The average Bonchev–Trinajstić information content (AvgIpc) is 2.64. The van der Waals surface area contributed by atoms with Crippen molar-refractivity contribution in [1.29, 1.82) is 0 Å². The van der Waals surface area contributed by atoms with Gasteiger partial charge in [0.05, 0.1) is 9.82 Å². The van der Waals surface area contributed by atoms with Crippen molar-refractivity contribution >= 4 is 39.8 Å². The molecule has 0 saturated carbocycles. The summed E-state index contributed by atoms with van der Waals surface area (Å²) >= 11 is 0. The lowest BCUT2D eigenvalue weighted by Gasteiger charge is -2.22. The van der Waals surface area contributed by atoms with E-state index in [-0.39, 0.29) is 26.9 Å². The predicted octanol–water partition coefficient (Wildman–Crippen LogP) is 2.68. The first-order valence-corrected chi connectivity index (χ1v) is 11.3. The molecule has 0 saturated heterocycles. The molecule has 1 unspecified atom stereocenters. The molecule has 1 atom stereocenters. The summed E-state index contributed by atoms with van der Waals surface area (Å²) in [5.74, 6) is -1.59. The van der Waals surface area contributed by atoms with Crippen molar-refractivity contribution in [3.05, 3.63) is 76.3 Å². The minimum atomic E-state index is -4.81. The number of benzene rings is 3. The van der Waals surface area contributed by atoms with Crippen molar-refractivity contribution in [3.63, 3.8) is 0 Å². The van der Waals surface area contributed by atoms with Gasteiger partial charge in [-0.1, -0.05) is 42.5 Å². The molecular weight excluding hydrogens is 421 g/mol. The molecule has 0 aromatic heterocycles. The van der Waals surface area contributed by atoms with Crippen molar-refractivity contribution in [2.24, 2.45) is 5.14 Å². The minimum absolute atomic E-state index is 0.0834. The van der Waals surface area contributed by atoms with Gasteiger partial charge >= 0.3 is 7.60 Å². The Morgan fingerprint density at radius 3 is 2.21 bits per heavy atom. The zero-order chi connectivity index (χ0) is 21.4. The Morgan fingerprint density at radius 2 is 1.66 bits per heavy atom. The molecule has 10 nitrogen and oxygen atoms in total.